The normalized spacial score (nSPS) is 22.8. The van der Waals surface area contributed by atoms with Crippen molar-refractivity contribution < 1.29 is 9.59 Å². The second kappa shape index (κ2) is 5.54. The number of carbonyl (C=O) groups is 2. The number of benzene rings is 1. The number of fused-ring (bicyclic) bond motifs is 1. The van der Waals surface area contributed by atoms with E-state index in [9.17, 15) is 14.4 Å². The third-order valence-corrected chi connectivity index (χ3v) is 4.37. The van der Waals surface area contributed by atoms with E-state index in [1.807, 2.05) is 0 Å². The molecule has 2 aromatic rings. The summed E-state index contributed by atoms with van der Waals surface area (Å²) in [5.74, 6) is -2.93. The lowest BCUT2D eigenvalue weighted by molar-refractivity contribution is -0.136. The number of rotatable bonds is 1. The van der Waals surface area contributed by atoms with Gasteiger partial charge in [0.05, 0.1) is 34.4 Å². The number of amides is 2. The molecule has 1 fully saturated rings. The van der Waals surface area contributed by atoms with Crippen LogP contribution in [-0.4, -0.2) is 52.8 Å². The van der Waals surface area contributed by atoms with Crippen molar-refractivity contribution in [3.05, 3.63) is 28.3 Å². The van der Waals surface area contributed by atoms with Crippen LogP contribution in [0, 0.1) is 6.92 Å². The van der Waals surface area contributed by atoms with Crippen molar-refractivity contribution in [2.75, 3.05) is 5.73 Å². The second-order valence-corrected chi connectivity index (χ2v) is 6.03. The molecule has 0 spiro atoms. The van der Waals surface area contributed by atoms with Gasteiger partial charge in [-0.2, -0.15) is 0 Å². The summed E-state index contributed by atoms with van der Waals surface area (Å²) in [6, 6.07) is 1.60. The van der Waals surface area contributed by atoms with Gasteiger partial charge < -0.3 is 5.73 Å². The van der Waals surface area contributed by atoms with E-state index < -0.39 is 34.4 Å². The Morgan fingerprint density at radius 3 is 2.52 bits per heavy atom. The molecule has 2 unspecified atom stereocenters. The van der Waals surface area contributed by atoms with Crippen LogP contribution in [0.1, 0.15) is 11.9 Å². The predicted octanol–water partition coefficient (Wildman–Crippen LogP) is -2.31. The molecule has 0 aliphatic carbocycles. The first-order valence-corrected chi connectivity index (χ1v) is 7.32. The first-order chi connectivity index (χ1) is 11.6. The zero-order valence-electron chi connectivity index (χ0n) is 13.3. The average Bonchev–Trinajstić information content (AvgIpc) is 2.52. The molecule has 11 heteroatoms. The molecule has 3 N–H and O–H groups in total. The number of imide groups is 1. The van der Waals surface area contributed by atoms with Gasteiger partial charge in [-0.1, -0.05) is 16.7 Å². The maximum atomic E-state index is 13.0. The van der Waals surface area contributed by atoms with Gasteiger partial charge >= 0.3 is 0 Å². The van der Waals surface area contributed by atoms with Crippen molar-refractivity contribution in [3.8, 4) is 0 Å². The minimum absolute atomic E-state index is 0.0275. The van der Waals surface area contributed by atoms with E-state index in [0.717, 1.165) is 4.57 Å². The first kappa shape index (κ1) is 17.4. The quantitative estimate of drug-likeness (QED) is 0.348. The van der Waals surface area contributed by atoms with E-state index in [0.29, 0.717) is 5.52 Å². The maximum absolute atomic E-state index is 13.0. The number of nitrogens with zero attached hydrogens (tertiary/aromatic N) is 2. The number of hydrogen-bond acceptors (Lipinski definition) is 5. The Bertz CT molecular complexity index is 988. The van der Waals surface area contributed by atoms with E-state index in [4.69, 9.17) is 37.1 Å². The Balaban J connectivity index is 2.35. The molecule has 3 rings (SSSR count). The monoisotopic (exact) mass is 326 g/mol. The van der Waals surface area contributed by atoms with Crippen molar-refractivity contribution in [2.24, 2.45) is 0 Å². The molecular weight excluding hydrogens is 315 g/mol. The summed E-state index contributed by atoms with van der Waals surface area (Å²) < 4.78 is 0.986. The van der Waals surface area contributed by atoms with Gasteiger partial charge in [0.2, 0.25) is 11.8 Å². The first-order valence-electron chi connectivity index (χ1n) is 7.32. The number of aryl methyl sites for hydroxylation is 1. The predicted molar refractivity (Wildman–Crippen MR) is 96.4 cm³/mol. The standard InChI is InChI=1S/C14H10B4N4O3/c1-4-20-6-3-2-5(15)8(19)7(6)13(25)22(4)10-12(24)21-11(23)9(16)14(10,17)18/h2-3,9-10H,19H2,1H3,(H,21,23,24). The van der Waals surface area contributed by atoms with E-state index in [2.05, 4.69) is 10.3 Å². The van der Waals surface area contributed by atoms with Crippen molar-refractivity contribution in [3.63, 3.8) is 0 Å². The van der Waals surface area contributed by atoms with Gasteiger partial charge in [0.25, 0.3) is 5.56 Å². The Hall–Kier alpha value is -2.44. The number of piperidine rings is 1. The van der Waals surface area contributed by atoms with E-state index in [1.165, 1.54) is 19.1 Å². The molecule has 0 bridgehead atoms. The van der Waals surface area contributed by atoms with Crippen LogP contribution in [0.3, 0.4) is 0 Å². The SMILES string of the molecule is [B]c1ccc2nc(C)n(C3C(=O)NC(=O)C([B])C3([B])[B])c(=O)c2c1N. The number of anilines is 1. The summed E-state index contributed by atoms with van der Waals surface area (Å²) in [6.45, 7) is 1.50. The third kappa shape index (κ3) is 2.41. The summed E-state index contributed by atoms with van der Waals surface area (Å²) in [5, 5.41) is 0.0814. The number of nitrogens with one attached hydrogen (secondary N) is 1. The molecule has 1 aromatic heterocycles. The molecule has 25 heavy (non-hydrogen) atoms. The molecule has 0 saturated carbocycles. The summed E-state index contributed by atoms with van der Waals surface area (Å²) in [5.41, 5.74) is 5.76. The van der Waals surface area contributed by atoms with Gasteiger partial charge in [-0.3, -0.25) is 24.3 Å². The van der Waals surface area contributed by atoms with Crippen molar-refractivity contribution >= 4 is 65.3 Å². The highest BCUT2D eigenvalue weighted by atomic mass is 16.2. The second-order valence-electron chi connectivity index (χ2n) is 6.03. The Morgan fingerprint density at radius 2 is 1.88 bits per heavy atom. The number of nitrogens with two attached hydrogens (primary N) is 1. The Labute approximate surface area is 148 Å². The van der Waals surface area contributed by atoms with Crippen molar-refractivity contribution in [1.82, 2.24) is 14.9 Å². The molecule has 7 nitrogen and oxygen atoms in total. The summed E-state index contributed by atoms with van der Waals surface area (Å²) in [4.78, 5) is 41.4. The molecule has 1 aliphatic rings. The highest BCUT2D eigenvalue weighted by Gasteiger charge is 2.48. The Kier molecular flexibility index (Phi) is 3.85. The summed E-state index contributed by atoms with van der Waals surface area (Å²) >= 11 is 0. The lowest BCUT2D eigenvalue weighted by Crippen LogP contribution is -2.55. The molecular formula is C14H10B4N4O3. The van der Waals surface area contributed by atoms with Gasteiger partial charge in [0, 0.05) is 5.69 Å². The van der Waals surface area contributed by atoms with Crippen LogP contribution in [0.4, 0.5) is 5.69 Å². The van der Waals surface area contributed by atoms with Crippen LogP contribution < -0.4 is 22.1 Å². The summed E-state index contributed by atoms with van der Waals surface area (Å²) in [7, 11) is 23.4. The smallest absolute Gasteiger partial charge is 0.264 e. The fourth-order valence-electron chi connectivity index (χ4n) is 2.97. The van der Waals surface area contributed by atoms with Crippen LogP contribution in [0.25, 0.3) is 10.9 Å². The Morgan fingerprint density at radius 1 is 1.24 bits per heavy atom. The molecule has 2 amide bonds. The van der Waals surface area contributed by atoms with Crippen LogP contribution in [0.5, 0.6) is 0 Å². The topological polar surface area (TPSA) is 107 Å². The van der Waals surface area contributed by atoms with Gasteiger partial charge in [-0.15, -0.1) is 0 Å². The van der Waals surface area contributed by atoms with Gasteiger partial charge in [0.15, 0.2) is 0 Å². The zero-order chi connectivity index (χ0) is 18.7. The molecule has 2 atom stereocenters. The molecule has 1 aliphatic heterocycles. The highest BCUT2D eigenvalue weighted by Crippen LogP contribution is 2.45. The van der Waals surface area contributed by atoms with E-state index in [-0.39, 0.29) is 22.4 Å². The molecule has 1 aromatic carbocycles. The minimum Gasteiger partial charge on any atom is -0.398 e. The van der Waals surface area contributed by atoms with Gasteiger partial charge in [-0.25, -0.2) is 4.98 Å². The molecule has 116 valence electrons. The lowest BCUT2D eigenvalue weighted by atomic mass is 9.39. The zero-order valence-corrected chi connectivity index (χ0v) is 13.3. The largest absolute Gasteiger partial charge is 0.398 e. The number of nitrogen functional groups attached to an aromatic ring is 1. The van der Waals surface area contributed by atoms with Gasteiger partial charge in [-0.05, 0) is 18.8 Å². The highest BCUT2D eigenvalue weighted by molar-refractivity contribution is 6.50. The lowest BCUT2D eigenvalue weighted by Gasteiger charge is -2.44. The van der Waals surface area contributed by atoms with Crippen molar-refractivity contribution in [1.29, 1.82) is 0 Å². The maximum Gasteiger partial charge on any atom is 0.264 e. The van der Waals surface area contributed by atoms with E-state index >= 15 is 0 Å². The van der Waals surface area contributed by atoms with Crippen LogP contribution in [-0.2, 0) is 9.59 Å². The van der Waals surface area contributed by atoms with Crippen LogP contribution >= 0.6 is 0 Å². The molecule has 2 heterocycles. The average molecular weight is 326 g/mol. The van der Waals surface area contributed by atoms with E-state index in [1.54, 1.807) is 0 Å². The fraction of sp³-hybridized carbons (Fsp3) is 0.286. The third-order valence-electron chi connectivity index (χ3n) is 4.37. The van der Waals surface area contributed by atoms with Crippen LogP contribution in [0.15, 0.2) is 16.9 Å². The van der Waals surface area contributed by atoms with Gasteiger partial charge in [0.1, 0.15) is 19.7 Å². The molecule has 8 radical (unpaired) electrons. The minimum atomic E-state index is -2.00. The number of aromatic nitrogens is 2. The fourth-order valence-corrected chi connectivity index (χ4v) is 2.97. The van der Waals surface area contributed by atoms with Crippen LogP contribution in [0.2, 0.25) is 11.0 Å². The molecule has 1 saturated heterocycles. The number of hydrogen-bond donors (Lipinski definition) is 2. The number of carbonyl (C=O) groups excluding carboxylic acids is 2. The summed E-state index contributed by atoms with van der Waals surface area (Å²) in [6.07, 6.45) is 0. The van der Waals surface area contributed by atoms with Crippen molar-refractivity contribution in [2.45, 2.75) is 24.0 Å².